The van der Waals surface area contributed by atoms with Crippen molar-refractivity contribution in [1.82, 2.24) is 4.57 Å². The van der Waals surface area contributed by atoms with Gasteiger partial charge in [-0.3, -0.25) is 4.79 Å². The number of methoxy groups -OCH3 is 1. The quantitative estimate of drug-likeness (QED) is 0.536. The number of nitrogens with zero attached hydrogens (tertiary/aromatic N) is 2. The fraction of sp³-hybridized carbons (Fsp3) is 0.692. The van der Waals surface area contributed by atoms with Crippen LogP contribution in [0.4, 0.5) is 0 Å². The SMILES string of the molecule is CCCC[n+]1cc(CCC(=O)OC)n(CC)c1. The fourth-order valence-electron chi connectivity index (χ4n) is 1.84. The average molecular weight is 239 g/mol. The summed E-state index contributed by atoms with van der Waals surface area (Å²) in [4.78, 5) is 11.1. The molecule has 0 spiro atoms. The molecule has 0 unspecified atom stereocenters. The highest BCUT2D eigenvalue weighted by Gasteiger charge is 2.13. The number of hydrogen-bond acceptors (Lipinski definition) is 2. The number of imidazole rings is 1. The highest BCUT2D eigenvalue weighted by Crippen LogP contribution is 2.03. The Morgan fingerprint density at radius 2 is 2.24 bits per heavy atom. The summed E-state index contributed by atoms with van der Waals surface area (Å²) in [6.07, 6.45) is 7.86. The molecule has 0 atom stereocenters. The van der Waals surface area contributed by atoms with Crippen molar-refractivity contribution in [3.63, 3.8) is 0 Å². The van der Waals surface area contributed by atoms with Gasteiger partial charge in [-0.2, -0.15) is 0 Å². The van der Waals surface area contributed by atoms with Crippen molar-refractivity contribution >= 4 is 5.97 Å². The van der Waals surface area contributed by atoms with Crippen LogP contribution in [0.15, 0.2) is 12.5 Å². The van der Waals surface area contributed by atoms with Gasteiger partial charge in [0.15, 0.2) is 0 Å². The Bertz CT molecular complexity index is 358. The zero-order valence-electron chi connectivity index (χ0n) is 11.1. The van der Waals surface area contributed by atoms with Crippen molar-refractivity contribution in [2.45, 2.75) is 52.6 Å². The number of rotatable bonds is 7. The average Bonchev–Trinajstić information content (AvgIpc) is 2.75. The lowest BCUT2D eigenvalue weighted by atomic mass is 10.2. The van der Waals surface area contributed by atoms with Gasteiger partial charge in [-0.1, -0.05) is 13.3 Å². The van der Waals surface area contributed by atoms with Gasteiger partial charge in [0.05, 0.1) is 26.6 Å². The molecule has 0 saturated heterocycles. The summed E-state index contributed by atoms with van der Waals surface area (Å²) in [5, 5.41) is 0. The number of hydrogen-bond donors (Lipinski definition) is 0. The number of carbonyl (C=O) groups is 1. The zero-order valence-corrected chi connectivity index (χ0v) is 11.1. The lowest BCUT2D eigenvalue weighted by Gasteiger charge is -1.97. The zero-order chi connectivity index (χ0) is 12.7. The minimum atomic E-state index is -0.144. The molecule has 1 rings (SSSR count). The van der Waals surface area contributed by atoms with Crippen molar-refractivity contribution in [2.24, 2.45) is 0 Å². The van der Waals surface area contributed by atoms with E-state index in [1.54, 1.807) is 0 Å². The van der Waals surface area contributed by atoms with Crippen LogP contribution in [0.3, 0.4) is 0 Å². The molecule has 0 aliphatic carbocycles. The van der Waals surface area contributed by atoms with E-state index in [0.717, 1.165) is 19.5 Å². The highest BCUT2D eigenvalue weighted by molar-refractivity contribution is 5.69. The van der Waals surface area contributed by atoms with Crippen LogP contribution < -0.4 is 4.57 Å². The Morgan fingerprint density at radius 3 is 2.82 bits per heavy atom. The highest BCUT2D eigenvalue weighted by atomic mass is 16.5. The first-order valence-electron chi connectivity index (χ1n) is 6.36. The number of esters is 1. The van der Waals surface area contributed by atoms with E-state index >= 15 is 0 Å². The van der Waals surface area contributed by atoms with Crippen LogP contribution in [0.1, 0.15) is 38.8 Å². The third-order valence-corrected chi connectivity index (χ3v) is 2.89. The summed E-state index contributed by atoms with van der Waals surface area (Å²) in [7, 11) is 1.43. The second-order valence-electron chi connectivity index (χ2n) is 4.19. The van der Waals surface area contributed by atoms with E-state index in [4.69, 9.17) is 0 Å². The number of carbonyl (C=O) groups excluding carboxylic acids is 1. The van der Waals surface area contributed by atoms with E-state index in [0.29, 0.717) is 6.42 Å². The summed E-state index contributed by atoms with van der Waals surface area (Å²) in [5.41, 5.74) is 1.20. The van der Waals surface area contributed by atoms with E-state index in [9.17, 15) is 4.79 Å². The fourth-order valence-corrected chi connectivity index (χ4v) is 1.84. The van der Waals surface area contributed by atoms with E-state index in [1.165, 1.54) is 25.6 Å². The van der Waals surface area contributed by atoms with E-state index in [1.807, 2.05) is 0 Å². The number of aryl methyl sites for hydroxylation is 3. The third kappa shape index (κ3) is 4.21. The van der Waals surface area contributed by atoms with Gasteiger partial charge in [-0.25, -0.2) is 9.13 Å². The first-order chi connectivity index (χ1) is 8.21. The van der Waals surface area contributed by atoms with Crippen molar-refractivity contribution in [3.05, 3.63) is 18.2 Å². The summed E-state index contributed by atoms with van der Waals surface area (Å²) in [6.45, 7) is 6.30. The molecule has 0 bridgehead atoms. The van der Waals surface area contributed by atoms with Gasteiger partial charge in [-0.15, -0.1) is 0 Å². The van der Waals surface area contributed by atoms with Gasteiger partial charge < -0.3 is 4.74 Å². The molecule has 4 nitrogen and oxygen atoms in total. The van der Waals surface area contributed by atoms with Gasteiger partial charge in [0.2, 0.25) is 6.33 Å². The number of ether oxygens (including phenoxy) is 1. The van der Waals surface area contributed by atoms with Crippen molar-refractivity contribution in [1.29, 1.82) is 0 Å². The van der Waals surface area contributed by atoms with Crippen LogP contribution in [0.5, 0.6) is 0 Å². The monoisotopic (exact) mass is 239 g/mol. The smallest absolute Gasteiger partial charge is 0.305 e. The first kappa shape index (κ1) is 13.7. The standard InChI is InChI=1S/C13H23N2O2/c1-4-6-9-14-10-12(15(5-2)11-14)7-8-13(16)17-3/h10-11H,4-9H2,1-3H3/q+1. The molecule has 0 amide bonds. The lowest BCUT2D eigenvalue weighted by molar-refractivity contribution is -0.697. The third-order valence-electron chi connectivity index (χ3n) is 2.89. The molecule has 0 aromatic carbocycles. The van der Waals surface area contributed by atoms with Crippen LogP contribution in [0.25, 0.3) is 0 Å². The van der Waals surface area contributed by atoms with Crippen LogP contribution in [0.2, 0.25) is 0 Å². The van der Waals surface area contributed by atoms with Crippen LogP contribution in [0, 0.1) is 0 Å². The molecule has 1 heterocycles. The molecule has 96 valence electrons. The minimum Gasteiger partial charge on any atom is -0.469 e. The maximum atomic E-state index is 11.1. The molecule has 0 N–H and O–H groups in total. The summed E-state index contributed by atoms with van der Waals surface area (Å²) in [5.74, 6) is -0.144. The molecule has 0 aliphatic rings. The van der Waals surface area contributed by atoms with Gasteiger partial charge in [0.25, 0.3) is 0 Å². The Hall–Kier alpha value is -1.32. The molecule has 0 aliphatic heterocycles. The van der Waals surface area contributed by atoms with Crippen molar-refractivity contribution in [3.8, 4) is 0 Å². The minimum absolute atomic E-state index is 0.144. The Morgan fingerprint density at radius 1 is 1.47 bits per heavy atom. The van der Waals surface area contributed by atoms with Crippen molar-refractivity contribution in [2.75, 3.05) is 7.11 Å². The van der Waals surface area contributed by atoms with Gasteiger partial charge >= 0.3 is 5.97 Å². The van der Waals surface area contributed by atoms with E-state index in [2.05, 4.69) is 40.2 Å². The van der Waals surface area contributed by atoms with E-state index < -0.39 is 0 Å². The summed E-state index contributed by atoms with van der Waals surface area (Å²) < 4.78 is 9.06. The maximum Gasteiger partial charge on any atom is 0.305 e. The predicted molar refractivity (Wildman–Crippen MR) is 65.5 cm³/mol. The molecular weight excluding hydrogens is 216 g/mol. The second kappa shape index (κ2) is 7.09. The normalized spacial score (nSPS) is 10.5. The van der Waals surface area contributed by atoms with Crippen LogP contribution in [-0.2, 0) is 29.0 Å². The van der Waals surface area contributed by atoms with Crippen molar-refractivity contribution < 1.29 is 14.1 Å². The first-order valence-corrected chi connectivity index (χ1v) is 6.36. The van der Waals surface area contributed by atoms with Gasteiger partial charge in [-0.05, 0) is 13.3 Å². The number of aromatic nitrogens is 2. The second-order valence-corrected chi connectivity index (χ2v) is 4.19. The Balaban J connectivity index is 2.62. The van der Waals surface area contributed by atoms with Crippen LogP contribution in [-0.4, -0.2) is 17.6 Å². The number of unbranched alkanes of at least 4 members (excludes halogenated alkanes) is 1. The molecule has 0 fully saturated rings. The Kier molecular flexibility index (Phi) is 5.73. The predicted octanol–water partition coefficient (Wildman–Crippen LogP) is 1.70. The lowest BCUT2D eigenvalue weighted by Crippen LogP contribution is -2.30. The largest absolute Gasteiger partial charge is 0.469 e. The summed E-state index contributed by atoms with van der Waals surface area (Å²) in [6, 6.07) is 0. The van der Waals surface area contributed by atoms with E-state index in [-0.39, 0.29) is 5.97 Å². The molecule has 0 saturated carbocycles. The molecule has 1 aromatic rings. The Labute approximate surface area is 103 Å². The molecule has 1 aromatic heterocycles. The topological polar surface area (TPSA) is 35.1 Å². The summed E-state index contributed by atoms with van der Waals surface area (Å²) >= 11 is 0. The van der Waals surface area contributed by atoms with Gasteiger partial charge in [0, 0.05) is 6.42 Å². The molecule has 4 heteroatoms. The molecular formula is C13H23N2O2+. The maximum absolute atomic E-state index is 11.1. The van der Waals surface area contributed by atoms with Crippen LogP contribution >= 0.6 is 0 Å². The van der Waals surface area contributed by atoms with Gasteiger partial charge in [0.1, 0.15) is 11.9 Å². The molecule has 0 radical (unpaired) electrons. The molecule has 17 heavy (non-hydrogen) atoms.